The van der Waals surface area contributed by atoms with Crippen molar-refractivity contribution in [3.63, 3.8) is 0 Å². The van der Waals surface area contributed by atoms with Crippen molar-refractivity contribution in [2.75, 3.05) is 5.32 Å². The molecule has 0 aliphatic heterocycles. The molecule has 8 nitrogen and oxygen atoms in total. The maximum Gasteiger partial charge on any atom is 0.369 e. The Hall–Kier alpha value is -3.11. The summed E-state index contributed by atoms with van der Waals surface area (Å²) >= 11 is 7.18. The number of hydrogen-bond donors (Lipinski definition) is 1. The normalized spacial score (nSPS) is 11.0. The highest BCUT2D eigenvalue weighted by Gasteiger charge is 2.15. The van der Waals surface area contributed by atoms with Crippen LogP contribution in [-0.2, 0) is 11.3 Å². The van der Waals surface area contributed by atoms with Gasteiger partial charge in [0.1, 0.15) is 12.4 Å². The monoisotopic (exact) mass is 404 g/mol. The Kier molecular flexibility index (Phi) is 4.42. The van der Waals surface area contributed by atoms with Gasteiger partial charge in [-0.15, -0.1) is 0 Å². The molecule has 0 bridgehead atoms. The van der Waals surface area contributed by atoms with Crippen LogP contribution in [0.2, 0.25) is 5.02 Å². The minimum absolute atomic E-state index is 0.298. The second kappa shape index (κ2) is 6.89. The van der Waals surface area contributed by atoms with Gasteiger partial charge in [0.15, 0.2) is 5.13 Å². The van der Waals surface area contributed by atoms with Crippen LogP contribution in [0.25, 0.3) is 15.9 Å². The SMILES string of the molecule is O=C(Cn1nnn(-c2ccccc2Cl)c1=O)Nc1nc2ccc(F)cc2s1. The molecule has 0 aliphatic rings. The van der Waals surface area contributed by atoms with Crippen molar-refractivity contribution < 1.29 is 9.18 Å². The first-order valence-electron chi connectivity index (χ1n) is 7.65. The number of halogens is 2. The Labute approximate surface area is 159 Å². The Morgan fingerprint density at radius 3 is 2.85 bits per heavy atom. The number of anilines is 1. The fraction of sp³-hybridized carbons (Fsp3) is 0.0625. The summed E-state index contributed by atoms with van der Waals surface area (Å²) in [6, 6.07) is 10.8. The lowest BCUT2D eigenvalue weighted by Crippen LogP contribution is -2.29. The molecule has 27 heavy (non-hydrogen) atoms. The van der Waals surface area contributed by atoms with Gasteiger partial charge in [0.2, 0.25) is 5.91 Å². The molecule has 0 fully saturated rings. The number of amides is 1. The minimum Gasteiger partial charge on any atom is -0.300 e. The summed E-state index contributed by atoms with van der Waals surface area (Å²) in [4.78, 5) is 28.8. The second-order valence-electron chi connectivity index (χ2n) is 5.46. The van der Waals surface area contributed by atoms with Crippen LogP contribution in [-0.4, -0.2) is 30.7 Å². The number of rotatable bonds is 4. The zero-order chi connectivity index (χ0) is 19.0. The molecule has 1 N–H and O–H groups in total. The lowest BCUT2D eigenvalue weighted by atomic mass is 10.3. The molecule has 2 aromatic heterocycles. The molecule has 0 atom stereocenters. The molecule has 136 valence electrons. The van der Waals surface area contributed by atoms with Crippen LogP contribution in [0.15, 0.2) is 47.3 Å². The van der Waals surface area contributed by atoms with Gasteiger partial charge in [-0.2, -0.15) is 9.36 Å². The number of hydrogen-bond acceptors (Lipinski definition) is 6. The van der Waals surface area contributed by atoms with E-state index < -0.39 is 11.6 Å². The van der Waals surface area contributed by atoms with Gasteiger partial charge < -0.3 is 5.32 Å². The first kappa shape index (κ1) is 17.3. The molecule has 11 heteroatoms. The first-order chi connectivity index (χ1) is 13.0. The van der Waals surface area contributed by atoms with Crippen LogP contribution in [0.1, 0.15) is 0 Å². The van der Waals surface area contributed by atoms with E-state index in [1.807, 2.05) is 0 Å². The molecule has 4 rings (SSSR count). The van der Waals surface area contributed by atoms with E-state index in [9.17, 15) is 14.0 Å². The molecule has 2 heterocycles. The molecule has 0 saturated heterocycles. The summed E-state index contributed by atoms with van der Waals surface area (Å²) in [6.45, 7) is -0.354. The van der Waals surface area contributed by atoms with Crippen molar-refractivity contribution in [2.24, 2.45) is 0 Å². The van der Waals surface area contributed by atoms with Gasteiger partial charge in [-0.25, -0.2) is 14.2 Å². The summed E-state index contributed by atoms with van der Waals surface area (Å²) in [6.07, 6.45) is 0. The zero-order valence-electron chi connectivity index (χ0n) is 13.5. The van der Waals surface area contributed by atoms with E-state index in [-0.39, 0.29) is 12.4 Å². The van der Waals surface area contributed by atoms with E-state index in [0.29, 0.717) is 26.1 Å². The smallest absolute Gasteiger partial charge is 0.300 e. The van der Waals surface area contributed by atoms with Crippen molar-refractivity contribution in [2.45, 2.75) is 6.54 Å². The van der Waals surface area contributed by atoms with Crippen LogP contribution < -0.4 is 11.0 Å². The number of carbonyl (C=O) groups is 1. The third-order valence-corrected chi connectivity index (χ3v) is 4.86. The summed E-state index contributed by atoms with van der Waals surface area (Å²) < 4.78 is 15.8. The van der Waals surface area contributed by atoms with Gasteiger partial charge in [0, 0.05) is 0 Å². The van der Waals surface area contributed by atoms with Gasteiger partial charge in [-0.1, -0.05) is 35.1 Å². The number of benzene rings is 2. The van der Waals surface area contributed by atoms with Crippen molar-refractivity contribution in [1.29, 1.82) is 0 Å². The highest BCUT2D eigenvalue weighted by atomic mass is 35.5. The Morgan fingerprint density at radius 1 is 1.22 bits per heavy atom. The third kappa shape index (κ3) is 3.44. The second-order valence-corrected chi connectivity index (χ2v) is 6.90. The number of para-hydroxylation sites is 1. The average molecular weight is 405 g/mol. The predicted octanol–water partition coefficient (Wildman–Crippen LogP) is 2.47. The summed E-state index contributed by atoms with van der Waals surface area (Å²) in [5.41, 5.74) is 0.326. The van der Waals surface area contributed by atoms with Crippen LogP contribution in [0.5, 0.6) is 0 Å². The van der Waals surface area contributed by atoms with Gasteiger partial charge in [-0.05, 0) is 40.8 Å². The number of aromatic nitrogens is 5. The maximum atomic E-state index is 13.2. The molecule has 2 aromatic carbocycles. The van der Waals surface area contributed by atoms with E-state index in [1.54, 1.807) is 24.3 Å². The number of nitrogens with zero attached hydrogens (tertiary/aromatic N) is 5. The van der Waals surface area contributed by atoms with Crippen LogP contribution >= 0.6 is 22.9 Å². The average Bonchev–Trinajstić information content (AvgIpc) is 3.18. The van der Waals surface area contributed by atoms with E-state index in [4.69, 9.17) is 11.6 Å². The molecule has 0 saturated carbocycles. The highest BCUT2D eigenvalue weighted by molar-refractivity contribution is 7.22. The van der Waals surface area contributed by atoms with Gasteiger partial charge in [0.25, 0.3) is 0 Å². The third-order valence-electron chi connectivity index (χ3n) is 3.61. The quantitative estimate of drug-likeness (QED) is 0.563. The lowest BCUT2D eigenvalue weighted by molar-refractivity contribution is -0.117. The Morgan fingerprint density at radius 2 is 2.04 bits per heavy atom. The number of nitrogens with one attached hydrogen (secondary N) is 1. The number of tetrazole rings is 1. The fourth-order valence-electron chi connectivity index (χ4n) is 2.39. The van der Waals surface area contributed by atoms with E-state index in [2.05, 4.69) is 20.7 Å². The van der Waals surface area contributed by atoms with Crippen molar-refractivity contribution in [3.05, 3.63) is 63.8 Å². The van der Waals surface area contributed by atoms with E-state index >= 15 is 0 Å². The molecular weight excluding hydrogens is 395 g/mol. The largest absolute Gasteiger partial charge is 0.369 e. The Bertz CT molecular complexity index is 1220. The van der Waals surface area contributed by atoms with E-state index in [0.717, 1.165) is 20.7 Å². The molecule has 0 spiro atoms. The van der Waals surface area contributed by atoms with Crippen LogP contribution in [0.3, 0.4) is 0 Å². The van der Waals surface area contributed by atoms with Gasteiger partial charge in [0.05, 0.1) is 20.9 Å². The summed E-state index contributed by atoms with van der Waals surface area (Å²) in [5.74, 6) is -0.894. The minimum atomic E-state index is -0.607. The van der Waals surface area contributed by atoms with Gasteiger partial charge in [-0.3, -0.25) is 4.79 Å². The van der Waals surface area contributed by atoms with Crippen molar-refractivity contribution >= 4 is 44.2 Å². The topological polar surface area (TPSA) is 94.7 Å². The summed E-state index contributed by atoms with van der Waals surface area (Å²) in [5, 5.41) is 10.6. The lowest BCUT2D eigenvalue weighted by Gasteiger charge is -2.01. The molecule has 4 aromatic rings. The zero-order valence-corrected chi connectivity index (χ0v) is 15.0. The molecule has 0 unspecified atom stereocenters. The molecule has 0 aliphatic carbocycles. The molecule has 1 amide bonds. The fourth-order valence-corrected chi connectivity index (χ4v) is 3.52. The van der Waals surface area contributed by atoms with Crippen LogP contribution in [0.4, 0.5) is 9.52 Å². The predicted molar refractivity (Wildman–Crippen MR) is 98.8 cm³/mol. The number of thiazole rings is 1. The Balaban J connectivity index is 1.53. The van der Waals surface area contributed by atoms with Gasteiger partial charge >= 0.3 is 5.69 Å². The summed E-state index contributed by atoms with van der Waals surface area (Å²) in [7, 11) is 0. The highest BCUT2D eigenvalue weighted by Crippen LogP contribution is 2.26. The molecular formula is C16H10ClFN6O2S. The number of carbonyl (C=O) groups excluding carboxylic acids is 1. The first-order valence-corrected chi connectivity index (χ1v) is 8.84. The van der Waals surface area contributed by atoms with Crippen LogP contribution in [0, 0.1) is 5.82 Å². The van der Waals surface area contributed by atoms with Crippen molar-refractivity contribution in [1.82, 2.24) is 24.8 Å². The number of fused-ring (bicyclic) bond motifs is 1. The van der Waals surface area contributed by atoms with Crippen molar-refractivity contribution in [3.8, 4) is 5.69 Å². The van der Waals surface area contributed by atoms with E-state index in [1.165, 1.54) is 18.2 Å². The standard InChI is InChI=1S/C16H10ClFN6O2S/c17-10-3-1-2-4-12(10)24-16(26)23(21-22-24)8-14(25)20-15-19-11-6-5-9(18)7-13(11)27-15/h1-7H,8H2,(H,19,20,25). The maximum absolute atomic E-state index is 13.2. The molecule has 0 radical (unpaired) electrons.